The first-order chi connectivity index (χ1) is 9.72. The van der Waals surface area contributed by atoms with Crippen molar-refractivity contribution in [2.45, 2.75) is 18.9 Å². The van der Waals surface area contributed by atoms with Crippen LogP contribution in [0.15, 0.2) is 36.5 Å². The van der Waals surface area contributed by atoms with Crippen LogP contribution in [0.1, 0.15) is 12.8 Å². The van der Waals surface area contributed by atoms with Crippen LogP contribution in [0.4, 0.5) is 5.69 Å². The summed E-state index contributed by atoms with van der Waals surface area (Å²) in [6.45, 7) is 0. The summed E-state index contributed by atoms with van der Waals surface area (Å²) in [5.41, 5.74) is 1.52. The molecule has 20 heavy (non-hydrogen) atoms. The summed E-state index contributed by atoms with van der Waals surface area (Å²) >= 11 is 0. The highest BCUT2D eigenvalue weighted by Crippen LogP contribution is 2.32. The molecule has 1 fully saturated rings. The molecular weight excluding hydrogens is 256 g/mol. The Balaban J connectivity index is 2.13. The fourth-order valence-corrected chi connectivity index (χ4v) is 2.64. The number of ether oxygens (including phenoxy) is 1. The number of hydrogen-bond donors (Lipinski definition) is 0. The first-order valence-corrected chi connectivity index (χ1v) is 6.46. The highest BCUT2D eigenvalue weighted by molar-refractivity contribution is 6.08. The summed E-state index contributed by atoms with van der Waals surface area (Å²) < 4.78 is 4.80. The molecule has 3 rings (SSSR count). The van der Waals surface area contributed by atoms with Crippen molar-refractivity contribution >= 4 is 28.5 Å². The van der Waals surface area contributed by atoms with Crippen LogP contribution in [0.3, 0.4) is 0 Å². The van der Waals surface area contributed by atoms with Gasteiger partial charge in [-0.3, -0.25) is 14.7 Å². The Morgan fingerprint density at radius 2 is 2.20 bits per heavy atom. The quantitative estimate of drug-likeness (QED) is 0.782. The average Bonchev–Trinajstić information content (AvgIpc) is 2.87. The number of amides is 1. The lowest BCUT2D eigenvalue weighted by Gasteiger charge is -2.24. The van der Waals surface area contributed by atoms with Crippen LogP contribution >= 0.6 is 0 Å². The molecule has 2 aromatic rings. The third kappa shape index (κ3) is 1.91. The number of anilines is 1. The number of aromatic nitrogens is 1. The summed E-state index contributed by atoms with van der Waals surface area (Å²) in [7, 11) is 1.34. The molecule has 1 amide bonds. The fraction of sp³-hybridized carbons (Fsp3) is 0.267. The van der Waals surface area contributed by atoms with Gasteiger partial charge in [0, 0.05) is 18.0 Å². The normalized spacial score (nSPS) is 18.6. The third-order valence-corrected chi connectivity index (χ3v) is 3.57. The van der Waals surface area contributed by atoms with E-state index in [-0.39, 0.29) is 11.9 Å². The van der Waals surface area contributed by atoms with Crippen molar-refractivity contribution < 1.29 is 14.3 Å². The van der Waals surface area contributed by atoms with Gasteiger partial charge < -0.3 is 4.74 Å². The second kappa shape index (κ2) is 4.92. The molecule has 1 aliphatic rings. The van der Waals surface area contributed by atoms with E-state index in [0.29, 0.717) is 18.5 Å². The summed E-state index contributed by atoms with van der Waals surface area (Å²) in [6, 6.07) is 8.73. The van der Waals surface area contributed by atoms with E-state index in [1.54, 1.807) is 6.20 Å². The van der Waals surface area contributed by atoms with Crippen molar-refractivity contribution in [3.05, 3.63) is 36.5 Å². The molecule has 0 N–H and O–H groups in total. The molecule has 1 aromatic carbocycles. The molecule has 5 nitrogen and oxygen atoms in total. The van der Waals surface area contributed by atoms with Gasteiger partial charge in [-0.25, -0.2) is 4.79 Å². The number of esters is 1. The van der Waals surface area contributed by atoms with Gasteiger partial charge in [-0.05, 0) is 30.7 Å². The highest BCUT2D eigenvalue weighted by atomic mass is 16.5. The minimum absolute atomic E-state index is 0.0586. The Hall–Kier alpha value is -2.43. The summed E-state index contributed by atoms with van der Waals surface area (Å²) in [6.07, 6.45) is 2.55. The summed E-state index contributed by atoms with van der Waals surface area (Å²) in [5.74, 6) is -0.437. The molecule has 1 aliphatic heterocycles. The smallest absolute Gasteiger partial charge is 0.328 e. The molecule has 5 heteroatoms. The Kier molecular flexibility index (Phi) is 3.10. The zero-order valence-corrected chi connectivity index (χ0v) is 11.1. The van der Waals surface area contributed by atoms with Crippen molar-refractivity contribution in [1.82, 2.24) is 4.98 Å². The number of benzene rings is 1. The predicted molar refractivity (Wildman–Crippen MR) is 74.3 cm³/mol. The number of carbonyl (C=O) groups excluding carboxylic acids is 2. The van der Waals surface area contributed by atoms with E-state index in [0.717, 1.165) is 10.9 Å². The molecule has 1 atom stereocenters. The molecule has 0 saturated carbocycles. The van der Waals surface area contributed by atoms with Crippen LogP contribution in [0.5, 0.6) is 0 Å². The number of hydrogen-bond acceptors (Lipinski definition) is 4. The van der Waals surface area contributed by atoms with Crippen LogP contribution in [0, 0.1) is 0 Å². The molecule has 0 aliphatic carbocycles. The number of fused-ring (bicyclic) bond motifs is 1. The number of methoxy groups -OCH3 is 1. The number of pyridine rings is 1. The summed E-state index contributed by atoms with van der Waals surface area (Å²) in [4.78, 5) is 29.8. The monoisotopic (exact) mass is 270 g/mol. The molecule has 1 aromatic heterocycles. The second-order valence-electron chi connectivity index (χ2n) is 4.69. The van der Waals surface area contributed by atoms with E-state index in [4.69, 9.17) is 4.74 Å². The molecule has 2 heterocycles. The molecular formula is C15H14N2O3. The standard InChI is InChI=1S/C15H14N2O3/c1-20-15(19)13-7-8-14(18)17(13)12-6-2-5-11-10(12)4-3-9-16-11/h2-6,9,13H,7-8H2,1H3/t13-/m0/s1. The number of nitrogens with zero attached hydrogens (tertiary/aromatic N) is 2. The van der Waals surface area contributed by atoms with Gasteiger partial charge in [0.05, 0.1) is 18.3 Å². The van der Waals surface area contributed by atoms with Gasteiger partial charge in [0.15, 0.2) is 0 Å². The predicted octanol–water partition coefficient (Wildman–Crippen LogP) is 1.90. The minimum Gasteiger partial charge on any atom is -0.467 e. The van der Waals surface area contributed by atoms with Crippen LogP contribution in [0.2, 0.25) is 0 Å². The molecule has 0 bridgehead atoms. The van der Waals surface area contributed by atoms with Crippen LogP contribution in [-0.2, 0) is 14.3 Å². The maximum absolute atomic E-state index is 12.1. The lowest BCUT2D eigenvalue weighted by atomic mass is 10.1. The Labute approximate surface area is 116 Å². The van der Waals surface area contributed by atoms with E-state index in [2.05, 4.69) is 4.98 Å². The molecule has 0 spiro atoms. The first kappa shape index (κ1) is 12.6. The first-order valence-electron chi connectivity index (χ1n) is 6.46. The van der Waals surface area contributed by atoms with E-state index < -0.39 is 6.04 Å². The van der Waals surface area contributed by atoms with Gasteiger partial charge in [-0.1, -0.05) is 6.07 Å². The van der Waals surface area contributed by atoms with Gasteiger partial charge in [-0.2, -0.15) is 0 Å². The van der Waals surface area contributed by atoms with Gasteiger partial charge in [0.1, 0.15) is 6.04 Å². The van der Waals surface area contributed by atoms with E-state index in [1.807, 2.05) is 30.3 Å². The fourth-order valence-electron chi connectivity index (χ4n) is 2.64. The maximum Gasteiger partial charge on any atom is 0.328 e. The van der Waals surface area contributed by atoms with Crippen molar-refractivity contribution in [3.8, 4) is 0 Å². The van der Waals surface area contributed by atoms with Gasteiger partial charge in [-0.15, -0.1) is 0 Å². The van der Waals surface area contributed by atoms with E-state index in [9.17, 15) is 9.59 Å². The zero-order chi connectivity index (χ0) is 14.1. The van der Waals surface area contributed by atoms with E-state index >= 15 is 0 Å². The van der Waals surface area contributed by atoms with Gasteiger partial charge in [0.25, 0.3) is 0 Å². The van der Waals surface area contributed by atoms with Crippen molar-refractivity contribution in [1.29, 1.82) is 0 Å². The van der Waals surface area contributed by atoms with Crippen molar-refractivity contribution in [3.63, 3.8) is 0 Å². The summed E-state index contributed by atoms with van der Waals surface area (Å²) in [5, 5.41) is 0.860. The van der Waals surface area contributed by atoms with Crippen LogP contribution in [0.25, 0.3) is 10.9 Å². The topological polar surface area (TPSA) is 59.5 Å². The molecule has 0 radical (unpaired) electrons. The number of rotatable bonds is 2. The SMILES string of the molecule is COC(=O)[C@@H]1CCC(=O)N1c1cccc2ncccc12. The molecule has 1 saturated heterocycles. The zero-order valence-electron chi connectivity index (χ0n) is 11.1. The molecule has 0 unspecified atom stereocenters. The van der Waals surface area contributed by atoms with Crippen molar-refractivity contribution in [2.75, 3.05) is 12.0 Å². The lowest BCUT2D eigenvalue weighted by molar-refractivity contribution is -0.142. The lowest BCUT2D eigenvalue weighted by Crippen LogP contribution is -2.39. The average molecular weight is 270 g/mol. The highest BCUT2D eigenvalue weighted by Gasteiger charge is 2.38. The van der Waals surface area contributed by atoms with Crippen molar-refractivity contribution in [2.24, 2.45) is 0 Å². The largest absolute Gasteiger partial charge is 0.467 e. The van der Waals surface area contributed by atoms with Crippen LogP contribution < -0.4 is 4.90 Å². The number of carbonyl (C=O) groups is 2. The third-order valence-electron chi connectivity index (χ3n) is 3.57. The van der Waals surface area contributed by atoms with Crippen LogP contribution in [-0.4, -0.2) is 30.0 Å². The van der Waals surface area contributed by atoms with Gasteiger partial charge in [0.2, 0.25) is 5.91 Å². The second-order valence-corrected chi connectivity index (χ2v) is 4.69. The minimum atomic E-state index is -0.543. The van der Waals surface area contributed by atoms with Gasteiger partial charge >= 0.3 is 5.97 Å². The Morgan fingerprint density at radius 1 is 1.35 bits per heavy atom. The van der Waals surface area contributed by atoms with E-state index in [1.165, 1.54) is 12.0 Å². The molecule has 102 valence electrons. The Bertz CT molecular complexity index is 678. The Morgan fingerprint density at radius 3 is 3.00 bits per heavy atom. The maximum atomic E-state index is 12.1.